The van der Waals surface area contributed by atoms with Crippen LogP contribution < -0.4 is 5.32 Å². The zero-order valence-electron chi connectivity index (χ0n) is 17.8. The average molecular weight is 436 g/mol. The van der Waals surface area contributed by atoms with Crippen LogP contribution in [0.4, 0.5) is 5.69 Å². The molecule has 1 unspecified atom stereocenters. The minimum absolute atomic E-state index is 0.170. The first-order valence-corrected chi connectivity index (χ1v) is 11.2. The number of hydrogen-bond acceptors (Lipinski definition) is 6. The third kappa shape index (κ3) is 4.37. The number of hydrogen-bond donors (Lipinski definition) is 1. The van der Waals surface area contributed by atoms with E-state index in [2.05, 4.69) is 15.2 Å². The van der Waals surface area contributed by atoms with E-state index in [1.54, 1.807) is 11.8 Å². The number of methoxy groups -OCH3 is 1. The molecule has 1 N–H and O–H groups in total. The third-order valence-electron chi connectivity index (χ3n) is 5.44. The highest BCUT2D eigenvalue weighted by Gasteiger charge is 2.37. The number of aryl methyl sites for hydroxylation is 1. The topological polar surface area (TPSA) is 71.0 Å². The average Bonchev–Trinajstić information content (AvgIpc) is 2.78. The highest BCUT2D eigenvalue weighted by Crippen LogP contribution is 2.40. The number of esters is 1. The van der Waals surface area contributed by atoms with Crippen LogP contribution in [0.25, 0.3) is 0 Å². The largest absolute Gasteiger partial charge is 0.466 e. The van der Waals surface area contributed by atoms with Gasteiger partial charge in [0, 0.05) is 23.5 Å². The van der Waals surface area contributed by atoms with E-state index in [0.717, 1.165) is 35.0 Å². The van der Waals surface area contributed by atoms with Crippen LogP contribution in [-0.2, 0) is 9.53 Å². The third-order valence-corrected chi connectivity index (χ3v) is 6.51. The van der Waals surface area contributed by atoms with E-state index in [0.29, 0.717) is 22.5 Å². The number of amides is 1. The summed E-state index contributed by atoms with van der Waals surface area (Å²) in [6, 6.07) is 14.8. The molecule has 0 aliphatic carbocycles. The van der Waals surface area contributed by atoms with Gasteiger partial charge in [-0.2, -0.15) is 0 Å². The molecule has 1 saturated heterocycles. The first kappa shape index (κ1) is 21.2. The number of nitrogens with one attached hydrogen (secondary N) is 1. The Labute approximate surface area is 186 Å². The number of carbonyl (C=O) groups is 2. The molecule has 160 valence electrons. The smallest absolute Gasteiger partial charge is 0.338 e. The van der Waals surface area contributed by atoms with Crippen molar-refractivity contribution in [2.24, 2.45) is 4.99 Å². The van der Waals surface area contributed by atoms with Crippen molar-refractivity contribution in [1.29, 1.82) is 0 Å². The quantitative estimate of drug-likeness (QED) is 0.714. The molecule has 1 atom stereocenters. The van der Waals surface area contributed by atoms with Crippen LogP contribution in [0.15, 0.2) is 64.8 Å². The Hall–Kier alpha value is -3.06. The van der Waals surface area contributed by atoms with E-state index >= 15 is 0 Å². The lowest BCUT2D eigenvalue weighted by Gasteiger charge is -2.40. The van der Waals surface area contributed by atoms with Crippen molar-refractivity contribution in [2.75, 3.05) is 24.7 Å². The van der Waals surface area contributed by atoms with Crippen molar-refractivity contribution in [3.63, 3.8) is 0 Å². The summed E-state index contributed by atoms with van der Waals surface area (Å²) in [5.74, 6) is 0.460. The molecular weight excluding hydrogens is 410 g/mol. The van der Waals surface area contributed by atoms with Crippen LogP contribution in [-0.4, -0.2) is 41.4 Å². The summed E-state index contributed by atoms with van der Waals surface area (Å²) in [6.45, 7) is 4.65. The summed E-state index contributed by atoms with van der Waals surface area (Å²) in [7, 11) is 1.39. The molecule has 0 aromatic heterocycles. The predicted molar refractivity (Wildman–Crippen MR) is 124 cm³/mol. The summed E-state index contributed by atoms with van der Waals surface area (Å²) in [4.78, 5) is 32.2. The minimum atomic E-state index is -0.380. The second-order valence-corrected chi connectivity index (χ2v) is 8.69. The molecular formula is C24H25N3O3S. The Morgan fingerprint density at radius 3 is 2.68 bits per heavy atom. The molecule has 2 heterocycles. The standard InChI is InChI=1S/C24H25N3O3S/c1-15-8-10-17(11-9-15)22(28)26-19-7-4-6-18(14-19)21-20(23(29)30-3)16(2)25-24-27(21)12-5-13-31-24/h4,6-11,14,21H,5,12-13H2,1-3H3,(H,26,28). The van der Waals surface area contributed by atoms with Gasteiger partial charge in [0.15, 0.2) is 5.17 Å². The molecule has 2 aliphatic rings. The lowest BCUT2D eigenvalue weighted by atomic mass is 9.94. The fraction of sp³-hybridized carbons (Fsp3) is 0.292. The molecule has 1 fully saturated rings. The van der Waals surface area contributed by atoms with Gasteiger partial charge in [-0.3, -0.25) is 4.79 Å². The number of benzene rings is 2. The van der Waals surface area contributed by atoms with Crippen LogP contribution in [0.5, 0.6) is 0 Å². The normalized spacial score (nSPS) is 18.2. The molecule has 31 heavy (non-hydrogen) atoms. The maximum Gasteiger partial charge on any atom is 0.338 e. The van der Waals surface area contributed by atoms with Gasteiger partial charge in [0.05, 0.1) is 24.4 Å². The van der Waals surface area contributed by atoms with E-state index in [-0.39, 0.29) is 17.9 Å². The SMILES string of the molecule is COC(=O)C1=C(C)N=C2SCCCN2C1c1cccc(NC(=O)c2ccc(C)cc2)c1. The zero-order chi connectivity index (χ0) is 22.0. The Bertz CT molecular complexity index is 1080. The number of amidine groups is 1. The van der Waals surface area contributed by atoms with Gasteiger partial charge in [-0.15, -0.1) is 0 Å². The highest BCUT2D eigenvalue weighted by atomic mass is 32.2. The number of ether oxygens (including phenoxy) is 1. The maximum absolute atomic E-state index is 12.7. The summed E-state index contributed by atoms with van der Waals surface area (Å²) >= 11 is 1.70. The van der Waals surface area contributed by atoms with Crippen LogP contribution in [0.3, 0.4) is 0 Å². The Kier molecular flexibility index (Phi) is 6.13. The Morgan fingerprint density at radius 1 is 1.16 bits per heavy atom. The van der Waals surface area contributed by atoms with E-state index < -0.39 is 0 Å². The van der Waals surface area contributed by atoms with Gasteiger partial charge in [0.2, 0.25) is 0 Å². The van der Waals surface area contributed by atoms with Crippen molar-refractivity contribution in [1.82, 2.24) is 4.90 Å². The molecule has 0 saturated carbocycles. The first-order chi connectivity index (χ1) is 15.0. The summed E-state index contributed by atoms with van der Waals surface area (Å²) in [6.07, 6.45) is 1.01. The summed E-state index contributed by atoms with van der Waals surface area (Å²) in [5, 5.41) is 3.90. The molecule has 4 rings (SSSR count). The highest BCUT2D eigenvalue weighted by molar-refractivity contribution is 8.13. The van der Waals surface area contributed by atoms with Crippen molar-refractivity contribution < 1.29 is 14.3 Å². The fourth-order valence-electron chi connectivity index (χ4n) is 3.88. The van der Waals surface area contributed by atoms with Gasteiger partial charge in [0.25, 0.3) is 5.91 Å². The minimum Gasteiger partial charge on any atom is -0.466 e. The van der Waals surface area contributed by atoms with Gasteiger partial charge in [-0.25, -0.2) is 9.79 Å². The molecule has 2 aromatic carbocycles. The van der Waals surface area contributed by atoms with Gasteiger partial charge < -0.3 is 15.0 Å². The van der Waals surface area contributed by atoms with E-state index in [1.807, 2.05) is 62.4 Å². The first-order valence-electron chi connectivity index (χ1n) is 10.2. The molecule has 0 radical (unpaired) electrons. The zero-order valence-corrected chi connectivity index (χ0v) is 18.7. The molecule has 0 bridgehead atoms. The second kappa shape index (κ2) is 8.98. The molecule has 0 spiro atoms. The van der Waals surface area contributed by atoms with Crippen LogP contribution in [0.2, 0.25) is 0 Å². The van der Waals surface area contributed by atoms with E-state index in [9.17, 15) is 9.59 Å². The summed E-state index contributed by atoms with van der Waals surface area (Å²) < 4.78 is 5.08. The number of anilines is 1. The summed E-state index contributed by atoms with van der Waals surface area (Å²) in [5.41, 5.74) is 4.50. The van der Waals surface area contributed by atoms with Crippen LogP contribution >= 0.6 is 11.8 Å². The predicted octanol–water partition coefficient (Wildman–Crippen LogP) is 4.54. The monoisotopic (exact) mass is 435 g/mol. The number of fused-ring (bicyclic) bond motifs is 1. The van der Waals surface area contributed by atoms with E-state index in [4.69, 9.17) is 4.74 Å². The number of aliphatic imine (C=N–C) groups is 1. The van der Waals surface area contributed by atoms with Crippen LogP contribution in [0.1, 0.15) is 40.9 Å². The second-order valence-electron chi connectivity index (χ2n) is 7.63. The van der Waals surface area contributed by atoms with Crippen molar-refractivity contribution >= 4 is 34.5 Å². The van der Waals surface area contributed by atoms with Crippen molar-refractivity contribution in [2.45, 2.75) is 26.3 Å². The molecule has 2 aromatic rings. The Morgan fingerprint density at radius 2 is 1.94 bits per heavy atom. The molecule has 2 aliphatic heterocycles. The van der Waals surface area contributed by atoms with Gasteiger partial charge in [0.1, 0.15) is 0 Å². The lowest BCUT2D eigenvalue weighted by molar-refractivity contribution is -0.136. The number of rotatable bonds is 4. The molecule has 7 heteroatoms. The fourth-order valence-corrected chi connectivity index (χ4v) is 4.90. The van der Waals surface area contributed by atoms with Crippen LogP contribution in [0, 0.1) is 6.92 Å². The van der Waals surface area contributed by atoms with Gasteiger partial charge in [-0.05, 0) is 50.1 Å². The Balaban J connectivity index is 1.67. The number of carbonyl (C=O) groups excluding carboxylic acids is 2. The number of thioether (sulfide) groups is 1. The molecule has 6 nitrogen and oxygen atoms in total. The van der Waals surface area contributed by atoms with Gasteiger partial charge >= 0.3 is 5.97 Å². The van der Waals surface area contributed by atoms with Crippen molar-refractivity contribution in [3.05, 3.63) is 76.5 Å². The van der Waals surface area contributed by atoms with E-state index in [1.165, 1.54) is 7.11 Å². The van der Waals surface area contributed by atoms with Crippen molar-refractivity contribution in [3.8, 4) is 0 Å². The number of nitrogens with zero attached hydrogens (tertiary/aromatic N) is 2. The molecule has 1 amide bonds. The maximum atomic E-state index is 12.7. The number of allylic oxidation sites excluding steroid dienone is 1. The van der Waals surface area contributed by atoms with Gasteiger partial charge in [-0.1, -0.05) is 41.6 Å². The lowest BCUT2D eigenvalue weighted by Crippen LogP contribution is -2.42.